The van der Waals surface area contributed by atoms with Gasteiger partial charge in [-0.2, -0.15) is 0 Å². The lowest BCUT2D eigenvalue weighted by Gasteiger charge is -2.19. The monoisotopic (exact) mass is 354 g/mol. The van der Waals surface area contributed by atoms with Gasteiger partial charge in [-0.15, -0.1) is 0 Å². The number of nitrogens with two attached hydrogens (primary N) is 1. The van der Waals surface area contributed by atoms with Crippen molar-refractivity contribution in [2.75, 3.05) is 11.9 Å². The maximum atomic E-state index is 10.1. The topological polar surface area (TPSA) is 93.3 Å². The molecule has 0 bridgehead atoms. The highest BCUT2D eigenvalue weighted by Gasteiger charge is 2.26. The van der Waals surface area contributed by atoms with E-state index in [4.69, 9.17) is 10.5 Å². The van der Waals surface area contributed by atoms with E-state index in [1.807, 2.05) is 31.2 Å². The molecule has 1 aromatic heterocycles. The second-order valence-corrected chi connectivity index (χ2v) is 6.58. The van der Waals surface area contributed by atoms with Crippen LogP contribution in [-0.2, 0) is 6.42 Å². The molecule has 6 nitrogen and oxygen atoms in total. The SMILES string of the molecule is C=C(N)c1cnc(Cc2ccc(OCC)cc2)nc1N[C@H]1CCC[C@@H]1O. The molecule has 1 aliphatic carbocycles. The van der Waals surface area contributed by atoms with Crippen molar-refractivity contribution in [1.29, 1.82) is 0 Å². The maximum Gasteiger partial charge on any atom is 0.139 e. The van der Waals surface area contributed by atoms with Crippen molar-refractivity contribution in [3.8, 4) is 5.75 Å². The quantitative estimate of drug-likeness (QED) is 0.708. The number of hydrogen-bond donors (Lipinski definition) is 3. The lowest BCUT2D eigenvalue weighted by molar-refractivity contribution is 0.171. The Kier molecular flexibility index (Phi) is 5.73. The largest absolute Gasteiger partial charge is 0.494 e. The van der Waals surface area contributed by atoms with Crippen molar-refractivity contribution in [1.82, 2.24) is 9.97 Å². The van der Waals surface area contributed by atoms with E-state index in [1.165, 1.54) is 0 Å². The van der Waals surface area contributed by atoms with Gasteiger partial charge in [0.15, 0.2) is 0 Å². The molecule has 4 N–H and O–H groups in total. The Morgan fingerprint density at radius 1 is 1.35 bits per heavy atom. The fraction of sp³-hybridized carbons (Fsp3) is 0.400. The molecule has 1 aliphatic rings. The van der Waals surface area contributed by atoms with Crippen LogP contribution in [0.2, 0.25) is 0 Å². The molecule has 1 aromatic carbocycles. The Hall–Kier alpha value is -2.60. The molecule has 0 aliphatic heterocycles. The minimum absolute atomic E-state index is 0.0127. The van der Waals surface area contributed by atoms with Crippen LogP contribution in [0.25, 0.3) is 5.70 Å². The van der Waals surface area contributed by atoms with E-state index in [2.05, 4.69) is 21.9 Å². The number of anilines is 1. The molecule has 0 radical (unpaired) electrons. The number of aliphatic hydroxyl groups is 1. The molecule has 0 amide bonds. The molecular formula is C20H26N4O2. The van der Waals surface area contributed by atoms with Gasteiger partial charge in [-0.25, -0.2) is 9.97 Å². The molecule has 1 fully saturated rings. The van der Waals surface area contributed by atoms with Gasteiger partial charge in [-0.05, 0) is 43.9 Å². The van der Waals surface area contributed by atoms with Crippen LogP contribution < -0.4 is 15.8 Å². The van der Waals surface area contributed by atoms with Gasteiger partial charge in [0.05, 0.1) is 24.3 Å². The maximum absolute atomic E-state index is 10.1. The van der Waals surface area contributed by atoms with Crippen LogP contribution in [0.15, 0.2) is 37.0 Å². The van der Waals surface area contributed by atoms with Crippen LogP contribution in [0.5, 0.6) is 5.75 Å². The summed E-state index contributed by atoms with van der Waals surface area (Å²) in [5.41, 5.74) is 8.07. The zero-order valence-corrected chi connectivity index (χ0v) is 15.1. The van der Waals surface area contributed by atoms with Gasteiger partial charge < -0.3 is 20.9 Å². The minimum atomic E-state index is -0.363. The smallest absolute Gasteiger partial charge is 0.139 e. The highest BCUT2D eigenvalue weighted by Crippen LogP contribution is 2.25. The van der Waals surface area contributed by atoms with Crippen LogP contribution in [0.1, 0.15) is 43.1 Å². The van der Waals surface area contributed by atoms with Gasteiger partial charge in [-0.3, -0.25) is 0 Å². The van der Waals surface area contributed by atoms with E-state index in [-0.39, 0.29) is 12.1 Å². The van der Waals surface area contributed by atoms with E-state index in [1.54, 1.807) is 6.20 Å². The molecule has 3 rings (SSSR count). The molecule has 26 heavy (non-hydrogen) atoms. The number of aromatic nitrogens is 2. The summed E-state index contributed by atoms with van der Waals surface area (Å²) < 4.78 is 5.47. The average Bonchev–Trinajstić information content (AvgIpc) is 3.02. The Morgan fingerprint density at radius 3 is 2.73 bits per heavy atom. The first-order valence-electron chi connectivity index (χ1n) is 9.04. The number of ether oxygens (including phenoxy) is 1. The van der Waals surface area contributed by atoms with Crippen LogP contribution in [0, 0.1) is 0 Å². The Morgan fingerprint density at radius 2 is 2.12 bits per heavy atom. The van der Waals surface area contributed by atoms with E-state index in [0.717, 1.165) is 30.6 Å². The van der Waals surface area contributed by atoms with E-state index in [9.17, 15) is 5.11 Å². The van der Waals surface area contributed by atoms with Crippen LogP contribution >= 0.6 is 0 Å². The first-order valence-corrected chi connectivity index (χ1v) is 9.04. The van der Waals surface area contributed by atoms with E-state index in [0.29, 0.717) is 35.9 Å². The van der Waals surface area contributed by atoms with E-state index >= 15 is 0 Å². The average molecular weight is 354 g/mol. The Balaban J connectivity index is 1.79. The predicted molar refractivity (Wildman–Crippen MR) is 103 cm³/mol. The molecule has 138 valence electrons. The fourth-order valence-electron chi connectivity index (χ4n) is 3.19. The standard InChI is InChI=1S/C20H26N4O2/c1-3-26-15-9-7-14(8-10-15)11-19-22-12-16(13(2)21)20(24-19)23-17-5-4-6-18(17)25/h7-10,12,17-18,25H,2-6,11,21H2,1H3,(H,22,23,24)/t17-,18-/m0/s1. The van der Waals surface area contributed by atoms with Crippen molar-refractivity contribution >= 4 is 11.5 Å². The van der Waals surface area contributed by atoms with Gasteiger partial charge in [0.2, 0.25) is 0 Å². The van der Waals surface area contributed by atoms with Crippen LogP contribution in [0.3, 0.4) is 0 Å². The molecule has 1 heterocycles. The normalized spacial score (nSPS) is 19.3. The Labute approximate surface area is 154 Å². The summed E-state index contributed by atoms with van der Waals surface area (Å²) in [6, 6.07) is 7.91. The molecule has 6 heteroatoms. The fourth-order valence-corrected chi connectivity index (χ4v) is 3.19. The predicted octanol–water partition coefficient (Wildman–Crippen LogP) is 2.72. The third-order valence-corrected chi connectivity index (χ3v) is 4.58. The molecule has 1 saturated carbocycles. The number of nitrogens with one attached hydrogen (secondary N) is 1. The van der Waals surface area contributed by atoms with Crippen LogP contribution in [0.4, 0.5) is 5.82 Å². The first kappa shape index (κ1) is 18.2. The van der Waals surface area contributed by atoms with Gasteiger partial charge in [-0.1, -0.05) is 18.7 Å². The third-order valence-electron chi connectivity index (χ3n) is 4.58. The second-order valence-electron chi connectivity index (χ2n) is 6.58. The third kappa shape index (κ3) is 4.32. The highest BCUT2D eigenvalue weighted by molar-refractivity contribution is 5.70. The van der Waals surface area contributed by atoms with Crippen molar-refractivity contribution in [2.24, 2.45) is 5.73 Å². The first-order chi connectivity index (χ1) is 12.6. The van der Waals surface area contributed by atoms with Gasteiger partial charge in [0.1, 0.15) is 17.4 Å². The molecule has 0 spiro atoms. The summed E-state index contributed by atoms with van der Waals surface area (Å²) >= 11 is 0. The van der Waals surface area contributed by atoms with Gasteiger partial charge in [0.25, 0.3) is 0 Å². The molecule has 2 aromatic rings. The number of aliphatic hydroxyl groups excluding tert-OH is 1. The molecular weight excluding hydrogens is 328 g/mol. The summed E-state index contributed by atoms with van der Waals surface area (Å²) in [7, 11) is 0. The van der Waals surface area contributed by atoms with Gasteiger partial charge >= 0.3 is 0 Å². The molecule has 2 atom stereocenters. The van der Waals surface area contributed by atoms with Crippen molar-refractivity contribution in [3.63, 3.8) is 0 Å². The summed E-state index contributed by atoms with van der Waals surface area (Å²) in [5.74, 6) is 2.18. The second kappa shape index (κ2) is 8.19. The van der Waals surface area contributed by atoms with Crippen molar-refractivity contribution in [3.05, 3.63) is 54.0 Å². The number of benzene rings is 1. The summed E-state index contributed by atoms with van der Waals surface area (Å²) in [4.78, 5) is 9.06. The zero-order valence-electron chi connectivity index (χ0n) is 15.1. The Bertz CT molecular complexity index is 761. The van der Waals surface area contributed by atoms with Crippen molar-refractivity contribution in [2.45, 2.75) is 44.8 Å². The summed E-state index contributed by atoms with van der Waals surface area (Å²) in [6.45, 7) is 6.41. The lowest BCUT2D eigenvalue weighted by Crippen LogP contribution is -2.29. The van der Waals surface area contributed by atoms with Crippen molar-refractivity contribution < 1.29 is 9.84 Å². The number of rotatable bonds is 7. The summed E-state index contributed by atoms with van der Waals surface area (Å²) in [6.07, 6.45) is 4.66. The number of nitrogens with zero attached hydrogens (tertiary/aromatic N) is 2. The van der Waals surface area contributed by atoms with Gasteiger partial charge in [0, 0.05) is 18.3 Å². The minimum Gasteiger partial charge on any atom is -0.494 e. The lowest BCUT2D eigenvalue weighted by atomic mass is 10.1. The highest BCUT2D eigenvalue weighted by atomic mass is 16.5. The zero-order chi connectivity index (χ0) is 18.5. The number of hydrogen-bond acceptors (Lipinski definition) is 6. The molecule has 0 saturated heterocycles. The van der Waals surface area contributed by atoms with E-state index < -0.39 is 0 Å². The summed E-state index contributed by atoms with van der Waals surface area (Å²) in [5, 5.41) is 13.4. The molecule has 0 unspecified atom stereocenters. The van der Waals surface area contributed by atoms with Crippen LogP contribution in [-0.4, -0.2) is 33.8 Å².